The second kappa shape index (κ2) is 11.9. The summed E-state index contributed by atoms with van der Waals surface area (Å²) in [6.07, 6.45) is 0. The number of anilines is 1. The summed E-state index contributed by atoms with van der Waals surface area (Å²) in [6, 6.07) is 11.7. The summed E-state index contributed by atoms with van der Waals surface area (Å²) in [4.78, 5) is 29.0. The van der Waals surface area contributed by atoms with Crippen molar-refractivity contribution < 1.29 is 33.9 Å². The molecule has 2 N–H and O–H groups in total. The van der Waals surface area contributed by atoms with Crippen LogP contribution >= 0.6 is 0 Å². The zero-order valence-corrected chi connectivity index (χ0v) is 16.5. The summed E-state index contributed by atoms with van der Waals surface area (Å²) in [6.45, 7) is 3.00. The largest absolute Gasteiger partial charge is 0.460 e. The van der Waals surface area contributed by atoms with Gasteiger partial charge >= 0.3 is 5.97 Å². The first-order valence-electron chi connectivity index (χ1n) is 9.06. The van der Waals surface area contributed by atoms with E-state index in [0.717, 1.165) is 5.56 Å². The van der Waals surface area contributed by atoms with Gasteiger partial charge < -0.3 is 19.5 Å². The van der Waals surface area contributed by atoms with E-state index in [1.165, 1.54) is 0 Å². The molecular weight excluding hydrogens is 378 g/mol. The molecular formula is C21H25NO7. The SMILES string of the molecule is COCCOCCOC(=O)c1cc(C)cc(NC(=O)c2ccccc2COO)c1. The number of esters is 1. The van der Waals surface area contributed by atoms with Crippen molar-refractivity contribution >= 4 is 17.6 Å². The van der Waals surface area contributed by atoms with Crippen molar-refractivity contribution in [2.24, 2.45) is 0 Å². The molecule has 2 aromatic carbocycles. The van der Waals surface area contributed by atoms with Crippen LogP contribution in [0.4, 0.5) is 5.69 Å². The number of hydrogen-bond donors (Lipinski definition) is 2. The monoisotopic (exact) mass is 403 g/mol. The zero-order chi connectivity index (χ0) is 21.1. The quantitative estimate of drug-likeness (QED) is 0.257. The van der Waals surface area contributed by atoms with Crippen molar-refractivity contribution in [2.45, 2.75) is 13.5 Å². The van der Waals surface area contributed by atoms with Gasteiger partial charge in [-0.25, -0.2) is 9.68 Å². The molecule has 0 aliphatic rings. The van der Waals surface area contributed by atoms with Crippen molar-refractivity contribution in [3.8, 4) is 0 Å². The first-order valence-corrected chi connectivity index (χ1v) is 9.06. The molecule has 0 radical (unpaired) electrons. The van der Waals surface area contributed by atoms with Crippen LogP contribution in [0.1, 0.15) is 31.8 Å². The number of amides is 1. The molecule has 2 aromatic rings. The highest BCUT2D eigenvalue weighted by Gasteiger charge is 2.14. The lowest BCUT2D eigenvalue weighted by molar-refractivity contribution is -0.253. The zero-order valence-electron chi connectivity index (χ0n) is 16.5. The van der Waals surface area contributed by atoms with Crippen molar-refractivity contribution in [1.29, 1.82) is 0 Å². The van der Waals surface area contributed by atoms with Crippen LogP contribution in [0.25, 0.3) is 0 Å². The Bertz CT molecular complexity index is 822. The van der Waals surface area contributed by atoms with E-state index in [1.807, 2.05) is 6.92 Å². The molecule has 0 heterocycles. The van der Waals surface area contributed by atoms with E-state index in [1.54, 1.807) is 49.6 Å². The van der Waals surface area contributed by atoms with E-state index in [-0.39, 0.29) is 25.7 Å². The molecule has 0 fully saturated rings. The smallest absolute Gasteiger partial charge is 0.338 e. The van der Waals surface area contributed by atoms with Crippen LogP contribution in [0.5, 0.6) is 0 Å². The number of carbonyl (C=O) groups excluding carboxylic acids is 2. The molecule has 0 unspecified atom stereocenters. The van der Waals surface area contributed by atoms with Crippen LogP contribution in [0, 0.1) is 6.92 Å². The summed E-state index contributed by atoms with van der Waals surface area (Å²) in [5, 5.41) is 11.4. The summed E-state index contributed by atoms with van der Waals surface area (Å²) < 4.78 is 15.3. The molecule has 0 bridgehead atoms. The molecule has 8 heteroatoms. The average Bonchev–Trinajstić information content (AvgIpc) is 2.70. The van der Waals surface area contributed by atoms with Gasteiger partial charge in [-0.05, 0) is 42.3 Å². The lowest BCUT2D eigenvalue weighted by atomic mass is 10.1. The van der Waals surface area contributed by atoms with Crippen LogP contribution in [-0.4, -0.2) is 50.7 Å². The molecule has 156 valence electrons. The standard InChI is InChI=1S/C21H25NO7/c1-15-11-17(21(24)28-10-9-27-8-7-26-2)13-18(12-15)22-20(23)19-6-4-3-5-16(19)14-29-25/h3-6,11-13,25H,7-10,14H2,1-2H3,(H,22,23). The van der Waals surface area contributed by atoms with Gasteiger partial charge in [0.2, 0.25) is 0 Å². The molecule has 0 aliphatic carbocycles. The Morgan fingerprint density at radius 1 is 1.03 bits per heavy atom. The topological polar surface area (TPSA) is 103 Å². The lowest BCUT2D eigenvalue weighted by Crippen LogP contribution is -2.16. The number of aryl methyl sites for hydroxylation is 1. The third kappa shape index (κ3) is 7.28. The summed E-state index contributed by atoms with van der Waals surface area (Å²) in [5.41, 5.74) is 2.47. The van der Waals surface area contributed by atoms with Gasteiger partial charge in [-0.15, -0.1) is 0 Å². The van der Waals surface area contributed by atoms with Gasteiger partial charge in [0.1, 0.15) is 13.2 Å². The van der Waals surface area contributed by atoms with Crippen LogP contribution in [0.3, 0.4) is 0 Å². The molecule has 29 heavy (non-hydrogen) atoms. The normalized spacial score (nSPS) is 10.6. The Labute approximate surface area is 169 Å². The average molecular weight is 403 g/mol. The van der Waals surface area contributed by atoms with E-state index >= 15 is 0 Å². The van der Waals surface area contributed by atoms with Crippen molar-refractivity contribution in [2.75, 3.05) is 38.9 Å². The van der Waals surface area contributed by atoms with E-state index in [0.29, 0.717) is 35.6 Å². The van der Waals surface area contributed by atoms with Crippen LogP contribution in [0.15, 0.2) is 42.5 Å². The fraction of sp³-hybridized carbons (Fsp3) is 0.333. The van der Waals surface area contributed by atoms with Gasteiger partial charge in [-0.2, -0.15) is 0 Å². The number of nitrogens with one attached hydrogen (secondary N) is 1. The summed E-state index contributed by atoms with van der Waals surface area (Å²) in [7, 11) is 1.58. The maximum atomic E-state index is 12.6. The molecule has 8 nitrogen and oxygen atoms in total. The van der Waals surface area contributed by atoms with E-state index in [9.17, 15) is 9.59 Å². The van der Waals surface area contributed by atoms with Gasteiger partial charge in [-0.1, -0.05) is 18.2 Å². The first-order chi connectivity index (χ1) is 14.0. The lowest BCUT2D eigenvalue weighted by Gasteiger charge is -2.11. The Morgan fingerprint density at radius 2 is 1.79 bits per heavy atom. The van der Waals surface area contributed by atoms with Gasteiger partial charge in [-0.3, -0.25) is 10.1 Å². The predicted octanol–water partition coefficient (Wildman–Crippen LogP) is 3.06. The van der Waals surface area contributed by atoms with Crippen LogP contribution in [-0.2, 0) is 25.7 Å². The van der Waals surface area contributed by atoms with Crippen LogP contribution < -0.4 is 5.32 Å². The molecule has 2 rings (SSSR count). The third-order valence-corrected chi connectivity index (χ3v) is 3.95. The Balaban J connectivity index is 2.01. The van der Waals surface area contributed by atoms with Crippen molar-refractivity contribution in [3.63, 3.8) is 0 Å². The van der Waals surface area contributed by atoms with Crippen molar-refractivity contribution in [1.82, 2.24) is 0 Å². The Kier molecular flexibility index (Phi) is 9.26. The number of carbonyl (C=O) groups is 2. The third-order valence-electron chi connectivity index (χ3n) is 3.95. The van der Waals surface area contributed by atoms with Gasteiger partial charge in [0.15, 0.2) is 0 Å². The predicted molar refractivity (Wildman–Crippen MR) is 106 cm³/mol. The fourth-order valence-electron chi connectivity index (χ4n) is 2.63. The highest BCUT2D eigenvalue weighted by molar-refractivity contribution is 6.05. The Hall–Kier alpha value is -2.78. The molecule has 1 amide bonds. The maximum Gasteiger partial charge on any atom is 0.338 e. The number of hydrogen-bond acceptors (Lipinski definition) is 7. The second-order valence-electron chi connectivity index (χ2n) is 6.21. The highest BCUT2D eigenvalue weighted by atomic mass is 17.1. The van der Waals surface area contributed by atoms with E-state index < -0.39 is 5.97 Å². The van der Waals surface area contributed by atoms with Gasteiger partial charge in [0, 0.05) is 18.4 Å². The Morgan fingerprint density at radius 3 is 2.55 bits per heavy atom. The molecule has 0 aromatic heterocycles. The molecule has 0 aliphatic heterocycles. The first kappa shape index (κ1) is 22.5. The number of ether oxygens (including phenoxy) is 3. The molecule has 0 spiro atoms. The molecule has 0 saturated carbocycles. The number of benzene rings is 2. The van der Waals surface area contributed by atoms with Gasteiger partial charge in [0.25, 0.3) is 5.91 Å². The van der Waals surface area contributed by atoms with E-state index in [4.69, 9.17) is 19.5 Å². The number of methoxy groups -OCH3 is 1. The molecule has 0 atom stereocenters. The maximum absolute atomic E-state index is 12.6. The molecule has 0 saturated heterocycles. The minimum atomic E-state index is -0.506. The summed E-state index contributed by atoms with van der Waals surface area (Å²) in [5.74, 6) is -0.886. The van der Waals surface area contributed by atoms with Crippen molar-refractivity contribution in [3.05, 3.63) is 64.7 Å². The van der Waals surface area contributed by atoms with E-state index in [2.05, 4.69) is 10.2 Å². The van der Waals surface area contributed by atoms with Gasteiger partial charge in [0.05, 0.1) is 25.4 Å². The second-order valence-corrected chi connectivity index (χ2v) is 6.21. The highest BCUT2D eigenvalue weighted by Crippen LogP contribution is 2.18. The minimum Gasteiger partial charge on any atom is -0.460 e. The minimum absolute atomic E-state index is 0.110. The van der Waals surface area contributed by atoms with Crippen LogP contribution in [0.2, 0.25) is 0 Å². The fourth-order valence-corrected chi connectivity index (χ4v) is 2.63. The number of rotatable bonds is 11. The summed E-state index contributed by atoms with van der Waals surface area (Å²) >= 11 is 0.